The zero-order valence-electron chi connectivity index (χ0n) is 12.8. The number of unbranched alkanes of at least 4 members (excludes halogenated alkanes) is 6. The fraction of sp³-hybridized carbons (Fsp3) is 1.00. The lowest BCUT2D eigenvalue weighted by Crippen LogP contribution is -2.29. The van der Waals surface area contributed by atoms with Crippen molar-refractivity contribution in [2.45, 2.75) is 84.7 Å². The van der Waals surface area contributed by atoms with E-state index in [4.69, 9.17) is 5.73 Å². The molecule has 2 unspecified atom stereocenters. The Balaban J connectivity index is 3.52. The summed E-state index contributed by atoms with van der Waals surface area (Å²) >= 11 is 0. The highest BCUT2D eigenvalue weighted by atomic mass is 16.3. The summed E-state index contributed by atoms with van der Waals surface area (Å²) in [5, 5.41) is 10.1. The van der Waals surface area contributed by atoms with Gasteiger partial charge in [0.1, 0.15) is 0 Å². The first-order valence-electron chi connectivity index (χ1n) is 7.99. The molecule has 0 radical (unpaired) electrons. The molecule has 0 aliphatic heterocycles. The summed E-state index contributed by atoms with van der Waals surface area (Å²) in [5.41, 5.74) is 5.75. The van der Waals surface area contributed by atoms with Crippen LogP contribution in [-0.4, -0.2) is 17.8 Å². The van der Waals surface area contributed by atoms with Crippen LogP contribution < -0.4 is 5.73 Å². The molecule has 18 heavy (non-hydrogen) atoms. The average molecular weight is 257 g/mol. The van der Waals surface area contributed by atoms with E-state index < -0.39 is 0 Å². The Morgan fingerprint density at radius 3 is 2.00 bits per heavy atom. The van der Waals surface area contributed by atoms with Gasteiger partial charge in [-0.25, -0.2) is 0 Å². The van der Waals surface area contributed by atoms with Crippen molar-refractivity contribution in [2.24, 2.45) is 17.6 Å². The minimum absolute atomic E-state index is 0.187. The molecular formula is C16H35NO. The van der Waals surface area contributed by atoms with Crippen molar-refractivity contribution in [1.29, 1.82) is 0 Å². The smallest absolute Gasteiger partial charge is 0.0580 e. The van der Waals surface area contributed by atoms with Gasteiger partial charge < -0.3 is 10.8 Å². The largest absolute Gasteiger partial charge is 0.393 e. The third-order valence-corrected chi connectivity index (χ3v) is 3.72. The van der Waals surface area contributed by atoms with Crippen molar-refractivity contribution in [3.63, 3.8) is 0 Å². The molecule has 110 valence electrons. The Hall–Kier alpha value is -0.0800. The van der Waals surface area contributed by atoms with Crippen molar-refractivity contribution >= 4 is 0 Å². The van der Waals surface area contributed by atoms with E-state index in [0.717, 1.165) is 19.3 Å². The van der Waals surface area contributed by atoms with Crippen molar-refractivity contribution in [2.75, 3.05) is 6.54 Å². The van der Waals surface area contributed by atoms with Gasteiger partial charge in [-0.1, -0.05) is 65.7 Å². The minimum atomic E-state index is -0.187. The molecule has 0 aliphatic carbocycles. The molecule has 0 saturated heterocycles. The molecule has 0 amide bonds. The lowest BCUT2D eigenvalue weighted by Gasteiger charge is -2.23. The maximum absolute atomic E-state index is 10.1. The summed E-state index contributed by atoms with van der Waals surface area (Å²) in [5.74, 6) is 0.923. The highest BCUT2D eigenvalue weighted by molar-refractivity contribution is 4.71. The monoisotopic (exact) mass is 257 g/mol. The lowest BCUT2D eigenvalue weighted by atomic mass is 9.89. The van der Waals surface area contributed by atoms with Crippen LogP contribution >= 0.6 is 0 Å². The first kappa shape index (κ1) is 17.9. The summed E-state index contributed by atoms with van der Waals surface area (Å²) in [6, 6.07) is 0. The SMILES string of the molecule is CCCCCCCCCC(O)C(CN)CC(C)C. The molecule has 2 nitrogen and oxygen atoms in total. The highest BCUT2D eigenvalue weighted by Crippen LogP contribution is 2.19. The van der Waals surface area contributed by atoms with Gasteiger partial charge in [-0.05, 0) is 31.2 Å². The van der Waals surface area contributed by atoms with Gasteiger partial charge in [0, 0.05) is 0 Å². The third-order valence-electron chi connectivity index (χ3n) is 3.72. The van der Waals surface area contributed by atoms with E-state index in [1.165, 1.54) is 38.5 Å². The summed E-state index contributed by atoms with van der Waals surface area (Å²) in [6.45, 7) is 7.26. The van der Waals surface area contributed by atoms with Gasteiger partial charge in [-0.2, -0.15) is 0 Å². The van der Waals surface area contributed by atoms with E-state index in [0.29, 0.717) is 18.4 Å². The lowest BCUT2D eigenvalue weighted by molar-refractivity contribution is 0.0882. The van der Waals surface area contributed by atoms with Crippen LogP contribution in [-0.2, 0) is 0 Å². The van der Waals surface area contributed by atoms with E-state index >= 15 is 0 Å². The van der Waals surface area contributed by atoms with Gasteiger partial charge in [-0.3, -0.25) is 0 Å². The Morgan fingerprint density at radius 1 is 0.944 bits per heavy atom. The molecule has 0 aromatic carbocycles. The summed E-state index contributed by atoms with van der Waals surface area (Å²) in [7, 11) is 0. The molecule has 2 heteroatoms. The van der Waals surface area contributed by atoms with Gasteiger partial charge in [0.15, 0.2) is 0 Å². The van der Waals surface area contributed by atoms with Crippen LogP contribution in [0.1, 0.15) is 78.6 Å². The second-order valence-corrected chi connectivity index (χ2v) is 6.10. The quantitative estimate of drug-likeness (QED) is 0.517. The molecule has 2 atom stereocenters. The van der Waals surface area contributed by atoms with Gasteiger partial charge in [-0.15, -0.1) is 0 Å². The molecule has 0 rings (SSSR count). The van der Waals surface area contributed by atoms with Gasteiger partial charge in [0.05, 0.1) is 6.10 Å². The molecule has 0 aromatic rings. The first-order valence-corrected chi connectivity index (χ1v) is 7.99. The van der Waals surface area contributed by atoms with Crippen LogP contribution in [0, 0.1) is 11.8 Å². The van der Waals surface area contributed by atoms with Crippen LogP contribution in [0.15, 0.2) is 0 Å². The molecule has 0 aliphatic rings. The number of hydrogen-bond acceptors (Lipinski definition) is 2. The minimum Gasteiger partial charge on any atom is -0.393 e. The number of rotatable bonds is 12. The van der Waals surface area contributed by atoms with Crippen molar-refractivity contribution in [3.8, 4) is 0 Å². The van der Waals surface area contributed by atoms with Crippen molar-refractivity contribution in [3.05, 3.63) is 0 Å². The number of aliphatic hydroxyl groups excluding tert-OH is 1. The summed E-state index contributed by atoms with van der Waals surface area (Å²) < 4.78 is 0. The number of hydrogen-bond donors (Lipinski definition) is 2. The normalized spacial score (nSPS) is 15.0. The summed E-state index contributed by atoms with van der Waals surface area (Å²) in [6.07, 6.45) is 10.9. The van der Waals surface area contributed by atoms with Crippen molar-refractivity contribution in [1.82, 2.24) is 0 Å². The molecule has 0 aromatic heterocycles. The zero-order valence-corrected chi connectivity index (χ0v) is 12.8. The van der Waals surface area contributed by atoms with Crippen LogP contribution in [0.25, 0.3) is 0 Å². The standard InChI is InChI=1S/C16H35NO/c1-4-5-6-7-8-9-10-11-16(18)15(13-17)12-14(2)3/h14-16,18H,4-13,17H2,1-3H3. The number of nitrogens with two attached hydrogens (primary N) is 1. The molecular weight excluding hydrogens is 222 g/mol. The van der Waals surface area contributed by atoms with E-state index in [9.17, 15) is 5.11 Å². The summed E-state index contributed by atoms with van der Waals surface area (Å²) in [4.78, 5) is 0. The second-order valence-electron chi connectivity index (χ2n) is 6.10. The van der Waals surface area contributed by atoms with Gasteiger partial charge >= 0.3 is 0 Å². The van der Waals surface area contributed by atoms with Crippen LogP contribution in [0.4, 0.5) is 0 Å². The second kappa shape index (κ2) is 12.0. The molecule has 0 saturated carbocycles. The Kier molecular flexibility index (Phi) is 11.9. The third kappa shape index (κ3) is 9.90. The number of aliphatic hydroxyl groups is 1. The fourth-order valence-electron chi connectivity index (χ4n) is 2.56. The Morgan fingerprint density at radius 2 is 1.50 bits per heavy atom. The van der Waals surface area contributed by atoms with E-state index in [2.05, 4.69) is 20.8 Å². The predicted octanol–water partition coefficient (Wildman–Crippen LogP) is 4.11. The first-order chi connectivity index (χ1) is 8.61. The van der Waals surface area contributed by atoms with E-state index in [1.807, 2.05) is 0 Å². The van der Waals surface area contributed by atoms with E-state index in [1.54, 1.807) is 0 Å². The van der Waals surface area contributed by atoms with Crippen LogP contribution in [0.5, 0.6) is 0 Å². The fourth-order valence-corrected chi connectivity index (χ4v) is 2.56. The molecule has 0 fully saturated rings. The van der Waals surface area contributed by atoms with Crippen molar-refractivity contribution < 1.29 is 5.11 Å². The average Bonchev–Trinajstić information content (AvgIpc) is 2.34. The van der Waals surface area contributed by atoms with Crippen LogP contribution in [0.3, 0.4) is 0 Å². The predicted molar refractivity (Wildman–Crippen MR) is 80.6 cm³/mol. The van der Waals surface area contributed by atoms with Crippen LogP contribution in [0.2, 0.25) is 0 Å². The van der Waals surface area contributed by atoms with Gasteiger partial charge in [0.25, 0.3) is 0 Å². The molecule has 0 heterocycles. The van der Waals surface area contributed by atoms with E-state index in [-0.39, 0.29) is 6.10 Å². The molecule has 3 N–H and O–H groups in total. The molecule has 0 spiro atoms. The zero-order chi connectivity index (χ0) is 13.8. The maximum Gasteiger partial charge on any atom is 0.0580 e. The highest BCUT2D eigenvalue weighted by Gasteiger charge is 2.18. The Bertz CT molecular complexity index is 170. The molecule has 0 bridgehead atoms. The maximum atomic E-state index is 10.1. The van der Waals surface area contributed by atoms with Gasteiger partial charge in [0.2, 0.25) is 0 Å². The topological polar surface area (TPSA) is 46.2 Å². The Labute approximate surface area is 114 Å².